The Balaban J connectivity index is 2.46. The molecule has 1 heterocycles. The molecule has 16 heavy (non-hydrogen) atoms. The van der Waals surface area contributed by atoms with Crippen LogP contribution in [-0.4, -0.2) is 60.9 Å². The van der Waals surface area contributed by atoms with Gasteiger partial charge in [0, 0.05) is 26.2 Å². The maximum Gasteiger partial charge on any atom is 0.241 e. The average molecular weight is 227 g/mol. The molecule has 0 aromatic heterocycles. The summed E-state index contributed by atoms with van der Waals surface area (Å²) < 4.78 is 0. The zero-order valence-electron chi connectivity index (χ0n) is 10.3. The summed E-state index contributed by atoms with van der Waals surface area (Å²) in [5, 5.41) is 3.07. The molecule has 5 nitrogen and oxygen atoms in total. The second kappa shape index (κ2) is 5.84. The Labute approximate surface area is 96.8 Å². The molecule has 0 radical (unpaired) electrons. The molecule has 1 N–H and O–H groups in total. The molecule has 0 saturated carbocycles. The van der Waals surface area contributed by atoms with Crippen LogP contribution in [0, 0.1) is 0 Å². The smallest absolute Gasteiger partial charge is 0.241 e. The molecular formula is C11H21N3O2. The number of nitrogens with one attached hydrogen (secondary N) is 1. The van der Waals surface area contributed by atoms with E-state index in [4.69, 9.17) is 0 Å². The fraction of sp³-hybridized carbons (Fsp3) is 0.818. The summed E-state index contributed by atoms with van der Waals surface area (Å²) in [6.45, 7) is 5.93. The van der Waals surface area contributed by atoms with Crippen molar-refractivity contribution in [2.45, 2.75) is 26.3 Å². The van der Waals surface area contributed by atoms with Gasteiger partial charge in [0.1, 0.15) is 0 Å². The molecule has 0 aliphatic carbocycles. The summed E-state index contributed by atoms with van der Waals surface area (Å²) in [5.41, 5.74) is 0. The van der Waals surface area contributed by atoms with Crippen LogP contribution in [0.15, 0.2) is 0 Å². The van der Waals surface area contributed by atoms with Crippen LogP contribution in [0.1, 0.15) is 20.3 Å². The van der Waals surface area contributed by atoms with Crippen LogP contribution in [-0.2, 0) is 9.59 Å². The molecule has 0 unspecified atom stereocenters. The summed E-state index contributed by atoms with van der Waals surface area (Å²) in [5.74, 6) is 0.0350. The van der Waals surface area contributed by atoms with Crippen LogP contribution in [0.2, 0.25) is 0 Å². The lowest BCUT2D eigenvalue weighted by Gasteiger charge is -2.20. The number of hydrogen-bond acceptors (Lipinski definition) is 3. The van der Waals surface area contributed by atoms with Crippen molar-refractivity contribution in [3.63, 3.8) is 0 Å². The maximum atomic E-state index is 11.8. The molecule has 1 rings (SSSR count). The predicted octanol–water partition coefficient (Wildman–Crippen LogP) is -0.325. The maximum absolute atomic E-state index is 11.8. The Morgan fingerprint density at radius 1 is 1.44 bits per heavy atom. The van der Waals surface area contributed by atoms with Gasteiger partial charge in [-0.05, 0) is 6.42 Å². The van der Waals surface area contributed by atoms with Gasteiger partial charge in [-0.25, -0.2) is 0 Å². The summed E-state index contributed by atoms with van der Waals surface area (Å²) in [4.78, 5) is 26.7. The van der Waals surface area contributed by atoms with Gasteiger partial charge in [0.05, 0.1) is 13.1 Å². The minimum Gasteiger partial charge on any atom is -0.344 e. The third-order valence-electron chi connectivity index (χ3n) is 2.69. The molecule has 1 aliphatic heterocycles. The molecule has 5 heteroatoms. The van der Waals surface area contributed by atoms with Gasteiger partial charge < -0.3 is 15.1 Å². The van der Waals surface area contributed by atoms with Crippen molar-refractivity contribution in [3.05, 3.63) is 0 Å². The molecule has 1 aliphatic rings. The lowest BCUT2D eigenvalue weighted by Crippen LogP contribution is -2.43. The molecule has 1 fully saturated rings. The minimum atomic E-state index is 0.0114. The first-order valence-electron chi connectivity index (χ1n) is 5.76. The largest absolute Gasteiger partial charge is 0.344 e. The summed E-state index contributed by atoms with van der Waals surface area (Å²) >= 11 is 0. The van der Waals surface area contributed by atoms with E-state index >= 15 is 0 Å². The first kappa shape index (κ1) is 13.0. The Kier molecular flexibility index (Phi) is 4.73. The van der Waals surface area contributed by atoms with Gasteiger partial charge in [0.2, 0.25) is 11.8 Å². The van der Waals surface area contributed by atoms with E-state index in [2.05, 4.69) is 5.32 Å². The van der Waals surface area contributed by atoms with Gasteiger partial charge in [0.25, 0.3) is 0 Å². The van der Waals surface area contributed by atoms with E-state index in [9.17, 15) is 9.59 Å². The zero-order valence-corrected chi connectivity index (χ0v) is 10.3. The summed E-state index contributed by atoms with van der Waals surface area (Å²) in [6, 6.07) is 0.286. The van der Waals surface area contributed by atoms with Gasteiger partial charge in [0.15, 0.2) is 0 Å². The molecule has 1 saturated heterocycles. The normalized spacial score (nSPS) is 17.9. The fourth-order valence-electron chi connectivity index (χ4n) is 1.60. The zero-order chi connectivity index (χ0) is 12.1. The third-order valence-corrected chi connectivity index (χ3v) is 2.69. The number of likely N-dealkylation sites (N-methyl/N-ethyl adjacent to an activating group) is 1. The van der Waals surface area contributed by atoms with Crippen molar-refractivity contribution in [3.8, 4) is 0 Å². The Bertz CT molecular complexity index is 266. The van der Waals surface area contributed by atoms with Crippen molar-refractivity contribution < 1.29 is 9.59 Å². The number of carbonyl (C=O) groups is 2. The average Bonchev–Trinajstić information content (AvgIpc) is 2.38. The highest BCUT2D eigenvalue weighted by molar-refractivity contribution is 5.86. The van der Waals surface area contributed by atoms with E-state index in [-0.39, 0.29) is 24.4 Å². The number of carbonyl (C=O) groups excluding carboxylic acids is 2. The Morgan fingerprint density at radius 3 is 2.75 bits per heavy atom. The first-order valence-corrected chi connectivity index (χ1v) is 5.76. The highest BCUT2D eigenvalue weighted by Gasteiger charge is 2.22. The molecule has 2 amide bonds. The van der Waals surface area contributed by atoms with Gasteiger partial charge in [-0.3, -0.25) is 9.59 Å². The lowest BCUT2D eigenvalue weighted by atomic mass is 10.3. The topological polar surface area (TPSA) is 52.7 Å². The van der Waals surface area contributed by atoms with E-state index in [0.29, 0.717) is 13.1 Å². The van der Waals surface area contributed by atoms with Crippen molar-refractivity contribution in [1.82, 2.24) is 15.1 Å². The van der Waals surface area contributed by atoms with E-state index in [1.807, 2.05) is 13.8 Å². The molecule has 0 aromatic rings. The van der Waals surface area contributed by atoms with Crippen molar-refractivity contribution in [1.29, 1.82) is 0 Å². The van der Waals surface area contributed by atoms with E-state index in [1.165, 1.54) is 0 Å². The number of rotatable bonds is 3. The second-order valence-corrected chi connectivity index (χ2v) is 4.52. The fourth-order valence-corrected chi connectivity index (χ4v) is 1.60. The van der Waals surface area contributed by atoms with Gasteiger partial charge in [-0.15, -0.1) is 0 Å². The van der Waals surface area contributed by atoms with Crippen molar-refractivity contribution in [2.24, 2.45) is 0 Å². The van der Waals surface area contributed by atoms with E-state index in [1.54, 1.807) is 16.8 Å². The molecule has 0 spiro atoms. The van der Waals surface area contributed by atoms with Crippen LogP contribution < -0.4 is 5.32 Å². The lowest BCUT2D eigenvalue weighted by molar-refractivity contribution is -0.137. The highest BCUT2D eigenvalue weighted by atomic mass is 16.2. The van der Waals surface area contributed by atoms with E-state index in [0.717, 1.165) is 13.0 Å². The summed E-state index contributed by atoms with van der Waals surface area (Å²) in [7, 11) is 1.78. The number of hydrogen-bond donors (Lipinski definition) is 1. The van der Waals surface area contributed by atoms with Crippen LogP contribution in [0.3, 0.4) is 0 Å². The molecule has 92 valence electrons. The van der Waals surface area contributed by atoms with Gasteiger partial charge >= 0.3 is 0 Å². The molecule has 0 atom stereocenters. The van der Waals surface area contributed by atoms with Crippen LogP contribution >= 0.6 is 0 Å². The Hall–Kier alpha value is -1.10. The predicted molar refractivity (Wildman–Crippen MR) is 62.0 cm³/mol. The van der Waals surface area contributed by atoms with Crippen molar-refractivity contribution in [2.75, 3.05) is 33.2 Å². The molecular weight excluding hydrogens is 206 g/mol. The minimum absolute atomic E-state index is 0.0114. The Morgan fingerprint density at radius 2 is 2.12 bits per heavy atom. The quantitative estimate of drug-likeness (QED) is 0.718. The van der Waals surface area contributed by atoms with Crippen LogP contribution in [0.5, 0.6) is 0 Å². The second-order valence-electron chi connectivity index (χ2n) is 4.52. The molecule has 0 aromatic carbocycles. The van der Waals surface area contributed by atoms with Crippen LogP contribution in [0.25, 0.3) is 0 Å². The number of nitrogens with zero attached hydrogens (tertiary/aromatic N) is 2. The highest BCUT2D eigenvalue weighted by Crippen LogP contribution is 2.02. The standard InChI is InChI=1S/C11H21N3O2/c1-9(2)12-7-10(15)14-6-4-5-13(3)11(16)8-14/h9,12H,4-8H2,1-3H3. The van der Waals surface area contributed by atoms with Crippen molar-refractivity contribution >= 4 is 11.8 Å². The van der Waals surface area contributed by atoms with Crippen LogP contribution in [0.4, 0.5) is 0 Å². The summed E-state index contributed by atoms with van der Waals surface area (Å²) in [6.07, 6.45) is 0.857. The van der Waals surface area contributed by atoms with Gasteiger partial charge in [-0.1, -0.05) is 13.8 Å². The van der Waals surface area contributed by atoms with E-state index < -0.39 is 0 Å². The third kappa shape index (κ3) is 3.81. The first-order chi connectivity index (χ1) is 7.50. The number of amides is 2. The SMILES string of the molecule is CC(C)NCC(=O)N1CCCN(C)C(=O)C1. The van der Waals surface area contributed by atoms with Gasteiger partial charge in [-0.2, -0.15) is 0 Å². The monoisotopic (exact) mass is 227 g/mol. The molecule has 0 bridgehead atoms.